The number of thioether (sulfide) groups is 1. The van der Waals surface area contributed by atoms with Crippen molar-refractivity contribution in [3.05, 3.63) is 46.7 Å². The van der Waals surface area contributed by atoms with Crippen molar-refractivity contribution in [2.75, 3.05) is 26.9 Å². The van der Waals surface area contributed by atoms with E-state index < -0.39 is 47.1 Å². The second-order valence-corrected chi connectivity index (χ2v) is 10.3. The van der Waals surface area contributed by atoms with Gasteiger partial charge < -0.3 is 24.1 Å². The number of benzene rings is 1. The topological polar surface area (TPSA) is 154 Å². The number of halogens is 1. The predicted octanol–water partition coefficient (Wildman–Crippen LogP) is 2.74. The van der Waals surface area contributed by atoms with Crippen LogP contribution in [0.2, 0.25) is 0 Å². The van der Waals surface area contributed by atoms with Gasteiger partial charge in [-0.25, -0.2) is 9.07 Å². The molecule has 8 atom stereocenters. The quantitative estimate of drug-likeness (QED) is 0.232. The summed E-state index contributed by atoms with van der Waals surface area (Å²) in [5.41, 5.74) is 9.26. The largest absolute Gasteiger partial charge is 0.463 e. The summed E-state index contributed by atoms with van der Waals surface area (Å²) in [5, 5.41) is 22.5. The molecule has 1 aromatic heterocycles. The minimum absolute atomic E-state index is 0.0109. The van der Waals surface area contributed by atoms with Gasteiger partial charge in [-0.2, -0.15) is 0 Å². The molecule has 2 aliphatic rings. The van der Waals surface area contributed by atoms with Gasteiger partial charge in [0.05, 0.1) is 49.0 Å². The Hall–Kier alpha value is -2.74. The first-order chi connectivity index (χ1) is 17.8. The van der Waals surface area contributed by atoms with Gasteiger partial charge in [0.25, 0.3) is 0 Å². The number of aliphatic hydroxyl groups excluding tert-OH is 1. The molecule has 8 unspecified atom stereocenters. The zero-order valence-corrected chi connectivity index (χ0v) is 21.4. The molecule has 0 aliphatic carbocycles. The van der Waals surface area contributed by atoms with Crippen molar-refractivity contribution in [3.8, 4) is 11.3 Å². The van der Waals surface area contributed by atoms with Crippen LogP contribution in [-0.2, 0) is 23.7 Å². The van der Waals surface area contributed by atoms with Gasteiger partial charge in [0.15, 0.2) is 0 Å². The SMILES string of the molecule is COC1C(SC2COCC(N=[N+]=[N-])C2O)OC(COC(C)=O)C(C)C1n1cc(-c2cccc(F)c2)nn1. The minimum Gasteiger partial charge on any atom is -0.463 e. The lowest BCUT2D eigenvalue weighted by Gasteiger charge is -2.46. The summed E-state index contributed by atoms with van der Waals surface area (Å²) >= 11 is 1.30. The van der Waals surface area contributed by atoms with Crippen LogP contribution < -0.4 is 0 Å². The molecular formula is C23H29FN6O6S. The number of aliphatic hydroxyl groups is 1. The fourth-order valence-electron chi connectivity index (χ4n) is 4.61. The molecule has 2 aromatic rings. The highest BCUT2D eigenvalue weighted by Crippen LogP contribution is 2.42. The number of rotatable bonds is 8. The van der Waals surface area contributed by atoms with Crippen LogP contribution in [0.1, 0.15) is 19.9 Å². The smallest absolute Gasteiger partial charge is 0.302 e. The zero-order valence-electron chi connectivity index (χ0n) is 20.6. The highest BCUT2D eigenvalue weighted by molar-refractivity contribution is 8.00. The lowest BCUT2D eigenvalue weighted by atomic mass is 9.89. The second-order valence-electron chi connectivity index (χ2n) is 8.96. The number of methoxy groups -OCH3 is 1. The summed E-state index contributed by atoms with van der Waals surface area (Å²) in [5.74, 6) is -1.05. The fourth-order valence-corrected chi connectivity index (χ4v) is 6.10. The lowest BCUT2D eigenvalue weighted by Crippen LogP contribution is -2.54. The number of carbonyl (C=O) groups excluding carboxylic acids is 1. The summed E-state index contributed by atoms with van der Waals surface area (Å²) in [6, 6.07) is 4.94. The van der Waals surface area contributed by atoms with Crippen molar-refractivity contribution < 1.29 is 33.2 Å². The minimum atomic E-state index is -0.952. The Morgan fingerprint density at radius 2 is 2.24 bits per heavy atom. The van der Waals surface area contributed by atoms with E-state index in [4.69, 9.17) is 24.5 Å². The fraction of sp³-hybridized carbons (Fsp3) is 0.609. The summed E-state index contributed by atoms with van der Waals surface area (Å²) in [4.78, 5) is 14.3. The predicted molar refractivity (Wildman–Crippen MR) is 131 cm³/mol. The van der Waals surface area contributed by atoms with E-state index in [-0.39, 0.29) is 31.6 Å². The van der Waals surface area contributed by atoms with E-state index >= 15 is 0 Å². The van der Waals surface area contributed by atoms with Crippen molar-refractivity contribution >= 4 is 17.7 Å². The molecule has 2 fully saturated rings. The first-order valence-corrected chi connectivity index (χ1v) is 12.7. The molecule has 0 saturated carbocycles. The Labute approximate surface area is 217 Å². The molecule has 37 heavy (non-hydrogen) atoms. The molecule has 1 N–H and O–H groups in total. The van der Waals surface area contributed by atoms with Crippen molar-refractivity contribution in [1.82, 2.24) is 15.0 Å². The van der Waals surface area contributed by atoms with Crippen LogP contribution in [0.15, 0.2) is 35.6 Å². The van der Waals surface area contributed by atoms with E-state index in [1.165, 1.54) is 30.8 Å². The molecule has 2 aliphatic heterocycles. The number of carbonyl (C=O) groups is 1. The maximum Gasteiger partial charge on any atom is 0.302 e. The van der Waals surface area contributed by atoms with Crippen LogP contribution in [-0.4, -0.2) is 88.0 Å². The molecule has 4 rings (SSSR count). The van der Waals surface area contributed by atoms with Gasteiger partial charge >= 0.3 is 5.97 Å². The number of hydrogen-bond donors (Lipinski definition) is 1. The molecule has 14 heteroatoms. The Morgan fingerprint density at radius 1 is 1.43 bits per heavy atom. The lowest BCUT2D eigenvalue weighted by molar-refractivity contribution is -0.172. The number of ether oxygens (including phenoxy) is 4. The average Bonchev–Trinajstić information content (AvgIpc) is 3.36. The monoisotopic (exact) mass is 536 g/mol. The molecule has 2 saturated heterocycles. The summed E-state index contributed by atoms with van der Waals surface area (Å²) < 4.78 is 38.5. The van der Waals surface area contributed by atoms with E-state index in [0.29, 0.717) is 11.3 Å². The van der Waals surface area contributed by atoms with Gasteiger partial charge in [-0.3, -0.25) is 4.79 Å². The van der Waals surface area contributed by atoms with Gasteiger partial charge in [-0.1, -0.05) is 29.4 Å². The van der Waals surface area contributed by atoms with Crippen molar-refractivity contribution in [3.63, 3.8) is 0 Å². The standard InChI is InChI=1S/C23H29FN6O6S/c1-12-18(10-35-13(2)31)36-23(37-19-11-34-9-17(21(19)32)26-28-25)22(33-3)20(12)30-8-16(27-29-30)14-5-4-6-15(24)7-14/h4-8,12,17-23,32H,9-11H2,1-3H3. The summed E-state index contributed by atoms with van der Waals surface area (Å²) in [6.45, 7) is 3.62. The van der Waals surface area contributed by atoms with Crippen molar-refractivity contribution in [2.24, 2.45) is 11.0 Å². The van der Waals surface area contributed by atoms with Crippen LogP contribution in [0.5, 0.6) is 0 Å². The third kappa shape index (κ3) is 6.22. The van der Waals surface area contributed by atoms with Crippen molar-refractivity contribution in [2.45, 2.75) is 54.9 Å². The van der Waals surface area contributed by atoms with Gasteiger partial charge in [0.2, 0.25) is 0 Å². The number of esters is 1. The highest BCUT2D eigenvalue weighted by atomic mass is 32.2. The molecule has 0 amide bonds. The normalized spacial score (nSPS) is 31.9. The summed E-state index contributed by atoms with van der Waals surface area (Å²) in [6.07, 6.45) is -0.308. The van der Waals surface area contributed by atoms with E-state index in [1.807, 2.05) is 6.92 Å². The van der Waals surface area contributed by atoms with Crippen LogP contribution in [0.3, 0.4) is 0 Å². The first kappa shape index (κ1) is 27.3. The van der Waals surface area contributed by atoms with Gasteiger partial charge in [-0.15, -0.1) is 16.9 Å². The van der Waals surface area contributed by atoms with E-state index in [2.05, 4.69) is 20.3 Å². The third-order valence-corrected chi connectivity index (χ3v) is 7.96. The Morgan fingerprint density at radius 3 is 2.95 bits per heavy atom. The number of nitrogens with zero attached hydrogens (tertiary/aromatic N) is 6. The van der Waals surface area contributed by atoms with Crippen LogP contribution in [0.4, 0.5) is 4.39 Å². The highest BCUT2D eigenvalue weighted by Gasteiger charge is 2.48. The Balaban J connectivity index is 1.63. The Bertz CT molecular complexity index is 1130. The Kier molecular flexibility index (Phi) is 9.00. The van der Waals surface area contributed by atoms with Crippen LogP contribution >= 0.6 is 11.8 Å². The number of hydrogen-bond acceptors (Lipinski definition) is 10. The average molecular weight is 537 g/mol. The first-order valence-electron chi connectivity index (χ1n) is 11.8. The third-order valence-electron chi connectivity index (χ3n) is 6.55. The molecule has 200 valence electrons. The van der Waals surface area contributed by atoms with Crippen molar-refractivity contribution in [1.29, 1.82) is 0 Å². The maximum atomic E-state index is 13.8. The van der Waals surface area contributed by atoms with Crippen LogP contribution in [0, 0.1) is 11.7 Å². The summed E-state index contributed by atoms with van der Waals surface area (Å²) in [7, 11) is 1.55. The zero-order chi connectivity index (χ0) is 26.5. The molecule has 12 nitrogen and oxygen atoms in total. The van der Waals surface area contributed by atoms with E-state index in [0.717, 1.165) is 0 Å². The number of aromatic nitrogens is 3. The second kappa shape index (κ2) is 12.2. The van der Waals surface area contributed by atoms with E-state index in [9.17, 15) is 14.3 Å². The molecule has 0 radical (unpaired) electrons. The van der Waals surface area contributed by atoms with Gasteiger partial charge in [0.1, 0.15) is 29.7 Å². The van der Waals surface area contributed by atoms with Gasteiger partial charge in [-0.05, 0) is 17.7 Å². The van der Waals surface area contributed by atoms with Gasteiger partial charge in [0, 0.05) is 30.4 Å². The number of azide groups is 1. The molecule has 0 bridgehead atoms. The molecule has 1 aromatic carbocycles. The van der Waals surface area contributed by atoms with Crippen LogP contribution in [0.25, 0.3) is 21.7 Å². The molecular weight excluding hydrogens is 507 g/mol. The molecule has 3 heterocycles. The molecule has 0 spiro atoms. The maximum absolute atomic E-state index is 13.8. The van der Waals surface area contributed by atoms with E-state index in [1.54, 1.807) is 30.1 Å².